The topological polar surface area (TPSA) is 51.1 Å². The van der Waals surface area contributed by atoms with Gasteiger partial charge in [0.2, 0.25) is 0 Å². The Balaban J connectivity index is 2.23. The number of halogens is 2. The van der Waals surface area contributed by atoms with Crippen LogP contribution >= 0.6 is 11.6 Å². The summed E-state index contributed by atoms with van der Waals surface area (Å²) in [5.41, 5.74) is 0.469. The molecule has 0 fully saturated rings. The zero-order valence-corrected chi connectivity index (χ0v) is 11.4. The van der Waals surface area contributed by atoms with Crippen molar-refractivity contribution >= 4 is 23.2 Å². The highest BCUT2D eigenvalue weighted by atomic mass is 35.5. The standard InChI is InChI=1S/C14H12ClFN2O2/c1-2-18-8-10(4-6-13(18)19)17-14(20)9-3-5-11(15)12(16)7-9/h3-8H,2H2,1H3,(H,17,20). The van der Waals surface area contributed by atoms with E-state index in [0.29, 0.717) is 12.2 Å². The number of nitrogens with zero attached hydrogens (tertiary/aromatic N) is 1. The van der Waals surface area contributed by atoms with Crippen molar-refractivity contribution in [2.45, 2.75) is 13.5 Å². The maximum atomic E-state index is 13.3. The lowest BCUT2D eigenvalue weighted by Crippen LogP contribution is -2.19. The van der Waals surface area contributed by atoms with Crippen LogP contribution in [0.2, 0.25) is 5.02 Å². The van der Waals surface area contributed by atoms with E-state index in [4.69, 9.17) is 11.6 Å². The first-order valence-electron chi connectivity index (χ1n) is 5.98. The fraction of sp³-hybridized carbons (Fsp3) is 0.143. The average Bonchev–Trinajstić information content (AvgIpc) is 2.43. The minimum absolute atomic E-state index is 0.0407. The summed E-state index contributed by atoms with van der Waals surface area (Å²) in [5, 5.41) is 2.56. The first-order chi connectivity index (χ1) is 9.51. The van der Waals surface area contributed by atoms with Gasteiger partial charge in [0.1, 0.15) is 5.82 Å². The van der Waals surface area contributed by atoms with Crippen molar-refractivity contribution in [2.24, 2.45) is 0 Å². The van der Waals surface area contributed by atoms with Crippen LogP contribution < -0.4 is 10.9 Å². The molecular weight excluding hydrogens is 283 g/mol. The van der Waals surface area contributed by atoms with Crippen molar-refractivity contribution in [2.75, 3.05) is 5.32 Å². The van der Waals surface area contributed by atoms with Gasteiger partial charge in [-0.1, -0.05) is 11.6 Å². The number of aryl methyl sites for hydroxylation is 1. The van der Waals surface area contributed by atoms with E-state index in [1.807, 2.05) is 6.92 Å². The highest BCUT2D eigenvalue weighted by Crippen LogP contribution is 2.16. The molecule has 1 heterocycles. The summed E-state index contributed by atoms with van der Waals surface area (Å²) in [5.74, 6) is -1.13. The van der Waals surface area contributed by atoms with Crippen molar-refractivity contribution in [1.29, 1.82) is 0 Å². The summed E-state index contributed by atoms with van der Waals surface area (Å²) < 4.78 is 14.7. The summed E-state index contributed by atoms with van der Waals surface area (Å²) in [6.07, 6.45) is 1.53. The molecule has 0 spiro atoms. The number of benzene rings is 1. The van der Waals surface area contributed by atoms with Crippen LogP contribution in [0.25, 0.3) is 0 Å². The molecule has 0 unspecified atom stereocenters. The number of carbonyl (C=O) groups excluding carboxylic acids is 1. The molecule has 2 rings (SSSR count). The molecule has 6 heteroatoms. The van der Waals surface area contributed by atoms with E-state index < -0.39 is 11.7 Å². The molecule has 0 aliphatic carbocycles. The predicted molar refractivity (Wildman–Crippen MR) is 75.7 cm³/mol. The molecule has 1 amide bonds. The van der Waals surface area contributed by atoms with Crippen molar-refractivity contribution < 1.29 is 9.18 Å². The van der Waals surface area contributed by atoms with E-state index in [0.717, 1.165) is 6.07 Å². The van der Waals surface area contributed by atoms with Gasteiger partial charge in [0.05, 0.1) is 10.7 Å². The van der Waals surface area contributed by atoms with Crippen LogP contribution in [0.3, 0.4) is 0 Å². The smallest absolute Gasteiger partial charge is 0.255 e. The van der Waals surface area contributed by atoms with Crippen LogP contribution in [-0.4, -0.2) is 10.5 Å². The van der Waals surface area contributed by atoms with Gasteiger partial charge in [-0.25, -0.2) is 4.39 Å². The maximum absolute atomic E-state index is 13.3. The molecule has 1 N–H and O–H groups in total. The van der Waals surface area contributed by atoms with Gasteiger partial charge in [-0.3, -0.25) is 9.59 Å². The summed E-state index contributed by atoms with van der Waals surface area (Å²) in [6, 6.07) is 6.67. The molecule has 104 valence electrons. The Morgan fingerprint density at radius 3 is 2.75 bits per heavy atom. The lowest BCUT2D eigenvalue weighted by molar-refractivity contribution is 0.102. The van der Waals surface area contributed by atoms with Gasteiger partial charge in [-0.05, 0) is 31.2 Å². The first kappa shape index (κ1) is 14.3. The Kier molecular flexibility index (Phi) is 4.20. The number of carbonyl (C=O) groups is 1. The fourth-order valence-electron chi connectivity index (χ4n) is 1.69. The second kappa shape index (κ2) is 5.88. The van der Waals surface area contributed by atoms with Crippen molar-refractivity contribution in [3.63, 3.8) is 0 Å². The normalized spacial score (nSPS) is 10.3. The summed E-state index contributed by atoms with van der Waals surface area (Å²) in [7, 11) is 0. The lowest BCUT2D eigenvalue weighted by atomic mass is 10.2. The number of hydrogen-bond donors (Lipinski definition) is 1. The predicted octanol–water partition coefficient (Wildman–Crippen LogP) is 2.91. The number of pyridine rings is 1. The number of nitrogens with one attached hydrogen (secondary N) is 1. The van der Waals surface area contributed by atoms with Crippen molar-refractivity contribution in [3.05, 3.63) is 63.3 Å². The van der Waals surface area contributed by atoms with Crippen LogP contribution in [0.4, 0.5) is 10.1 Å². The minimum Gasteiger partial charge on any atom is -0.321 e. The molecule has 0 atom stereocenters. The maximum Gasteiger partial charge on any atom is 0.255 e. The second-order valence-electron chi connectivity index (χ2n) is 4.13. The molecule has 20 heavy (non-hydrogen) atoms. The Hall–Kier alpha value is -2.14. The number of amides is 1. The van der Waals surface area contributed by atoms with Crippen LogP contribution in [0.15, 0.2) is 41.3 Å². The Morgan fingerprint density at radius 1 is 1.35 bits per heavy atom. The fourth-order valence-corrected chi connectivity index (χ4v) is 1.81. The van der Waals surface area contributed by atoms with Crippen molar-refractivity contribution in [1.82, 2.24) is 4.57 Å². The molecule has 0 saturated carbocycles. The Labute approximate surface area is 119 Å². The molecule has 2 aromatic rings. The van der Waals surface area contributed by atoms with Crippen LogP contribution in [-0.2, 0) is 6.54 Å². The Bertz CT molecular complexity index is 713. The molecule has 1 aromatic carbocycles. The molecule has 0 aliphatic heterocycles. The second-order valence-corrected chi connectivity index (χ2v) is 4.53. The Morgan fingerprint density at radius 2 is 2.10 bits per heavy atom. The monoisotopic (exact) mass is 294 g/mol. The van der Waals surface area contributed by atoms with E-state index in [1.165, 1.54) is 35.0 Å². The SMILES string of the molecule is CCn1cc(NC(=O)c2ccc(Cl)c(F)c2)ccc1=O. The largest absolute Gasteiger partial charge is 0.321 e. The molecule has 0 radical (unpaired) electrons. The quantitative estimate of drug-likeness (QED) is 0.946. The number of rotatable bonds is 3. The van der Waals surface area contributed by atoms with Gasteiger partial charge >= 0.3 is 0 Å². The van der Waals surface area contributed by atoms with Gasteiger partial charge in [-0.15, -0.1) is 0 Å². The number of anilines is 1. The van der Waals surface area contributed by atoms with E-state index in [1.54, 1.807) is 0 Å². The molecular formula is C14H12ClFN2O2. The zero-order valence-electron chi connectivity index (χ0n) is 10.7. The van der Waals surface area contributed by atoms with Gasteiger partial charge in [-0.2, -0.15) is 0 Å². The summed E-state index contributed by atoms with van der Waals surface area (Å²) in [6.45, 7) is 2.32. The third-order valence-electron chi connectivity index (χ3n) is 2.76. The third-order valence-corrected chi connectivity index (χ3v) is 3.07. The lowest BCUT2D eigenvalue weighted by Gasteiger charge is -2.08. The van der Waals surface area contributed by atoms with E-state index in [2.05, 4.69) is 5.32 Å². The zero-order chi connectivity index (χ0) is 14.7. The van der Waals surface area contributed by atoms with E-state index >= 15 is 0 Å². The number of hydrogen-bond acceptors (Lipinski definition) is 2. The molecule has 1 aromatic heterocycles. The van der Waals surface area contributed by atoms with E-state index in [-0.39, 0.29) is 16.1 Å². The van der Waals surface area contributed by atoms with Crippen LogP contribution in [0.5, 0.6) is 0 Å². The average molecular weight is 295 g/mol. The van der Waals surface area contributed by atoms with Gasteiger partial charge < -0.3 is 9.88 Å². The first-order valence-corrected chi connectivity index (χ1v) is 6.36. The molecule has 0 aliphatic rings. The summed E-state index contributed by atoms with van der Waals surface area (Å²) >= 11 is 5.56. The van der Waals surface area contributed by atoms with Crippen molar-refractivity contribution in [3.8, 4) is 0 Å². The van der Waals surface area contributed by atoms with Gasteiger partial charge in [0.15, 0.2) is 0 Å². The van der Waals surface area contributed by atoms with Gasteiger partial charge in [0, 0.05) is 24.4 Å². The molecule has 0 bridgehead atoms. The highest BCUT2D eigenvalue weighted by molar-refractivity contribution is 6.30. The molecule has 4 nitrogen and oxygen atoms in total. The summed E-state index contributed by atoms with van der Waals surface area (Å²) in [4.78, 5) is 23.4. The van der Waals surface area contributed by atoms with Crippen LogP contribution in [0, 0.1) is 5.82 Å². The third kappa shape index (κ3) is 3.05. The highest BCUT2D eigenvalue weighted by Gasteiger charge is 2.09. The van der Waals surface area contributed by atoms with Gasteiger partial charge in [0.25, 0.3) is 11.5 Å². The molecule has 0 saturated heterocycles. The minimum atomic E-state index is -0.655. The van der Waals surface area contributed by atoms with Crippen LogP contribution in [0.1, 0.15) is 17.3 Å². The number of aromatic nitrogens is 1. The van der Waals surface area contributed by atoms with E-state index in [9.17, 15) is 14.0 Å².